The third kappa shape index (κ3) is 3.26. The first-order chi connectivity index (χ1) is 9.70. The van der Waals surface area contributed by atoms with Gasteiger partial charge in [-0.25, -0.2) is 17.9 Å². The summed E-state index contributed by atoms with van der Waals surface area (Å²) in [5.74, 6) is -1.16. The monoisotopic (exact) mass is 351 g/mol. The van der Waals surface area contributed by atoms with E-state index in [9.17, 15) is 13.2 Å². The van der Waals surface area contributed by atoms with Crippen molar-refractivity contribution in [1.29, 1.82) is 0 Å². The second-order valence-electron chi connectivity index (χ2n) is 3.82. The van der Waals surface area contributed by atoms with Gasteiger partial charge < -0.3 is 9.63 Å². The Labute approximate surface area is 128 Å². The van der Waals surface area contributed by atoms with Crippen LogP contribution in [0.1, 0.15) is 16.2 Å². The highest BCUT2D eigenvalue weighted by Crippen LogP contribution is 2.29. The van der Waals surface area contributed by atoms with E-state index in [0.717, 1.165) is 12.1 Å². The van der Waals surface area contributed by atoms with Gasteiger partial charge >= 0.3 is 12.0 Å². The van der Waals surface area contributed by atoms with Crippen LogP contribution in [-0.2, 0) is 10.0 Å². The van der Waals surface area contributed by atoms with Gasteiger partial charge in [0.2, 0.25) is 0 Å². The Hall–Kier alpha value is -1.84. The van der Waals surface area contributed by atoms with Gasteiger partial charge in [0.15, 0.2) is 5.82 Å². The molecule has 0 aliphatic rings. The molecule has 8 nitrogen and oxygen atoms in total. The number of carboxylic acid groups (broad SMARTS) is 1. The zero-order valence-corrected chi connectivity index (χ0v) is 12.6. The predicted octanol–water partition coefficient (Wildman–Crippen LogP) is 2.18. The fourth-order valence-electron chi connectivity index (χ4n) is 1.41. The van der Waals surface area contributed by atoms with Gasteiger partial charge in [-0.1, -0.05) is 28.4 Å². The van der Waals surface area contributed by atoms with Crippen molar-refractivity contribution >= 4 is 45.2 Å². The first-order valence-corrected chi connectivity index (χ1v) is 7.50. The van der Waals surface area contributed by atoms with Crippen LogP contribution in [0.2, 0.25) is 10.0 Å². The van der Waals surface area contributed by atoms with E-state index in [4.69, 9.17) is 28.3 Å². The minimum Gasteiger partial charge on any atom is -0.478 e. The second kappa shape index (κ2) is 5.51. The highest BCUT2D eigenvalue weighted by atomic mass is 35.5. The normalized spacial score (nSPS) is 11.4. The summed E-state index contributed by atoms with van der Waals surface area (Å²) < 4.78 is 30.9. The lowest BCUT2D eigenvalue weighted by Gasteiger charge is -2.08. The Bertz CT molecular complexity index is 818. The number of anilines is 1. The second-order valence-corrected chi connectivity index (χ2v) is 6.29. The van der Waals surface area contributed by atoms with E-state index < -0.39 is 26.5 Å². The topological polar surface area (TPSA) is 122 Å². The van der Waals surface area contributed by atoms with Gasteiger partial charge in [-0.05, 0) is 19.1 Å². The summed E-state index contributed by atoms with van der Waals surface area (Å²) in [7, 11) is -4.20. The fourth-order valence-corrected chi connectivity index (χ4v) is 3.19. The summed E-state index contributed by atoms with van der Waals surface area (Å²) in [6.45, 7) is 1.50. The molecular weight excluding hydrogens is 345 g/mol. The number of aromatic carboxylic acids is 1. The maximum Gasteiger partial charge on any atom is 0.337 e. The van der Waals surface area contributed by atoms with Crippen molar-refractivity contribution in [2.24, 2.45) is 0 Å². The molecule has 0 radical (unpaired) electrons. The van der Waals surface area contributed by atoms with Crippen molar-refractivity contribution in [2.75, 3.05) is 4.72 Å². The quantitative estimate of drug-likeness (QED) is 0.865. The lowest BCUT2D eigenvalue weighted by atomic mass is 10.2. The molecule has 21 heavy (non-hydrogen) atoms. The number of nitrogens with zero attached hydrogens (tertiary/aromatic N) is 2. The average molecular weight is 352 g/mol. The summed E-state index contributed by atoms with van der Waals surface area (Å²) in [5, 5.41) is 11.9. The SMILES string of the molecule is Cc1noc(NS(=O)(=O)c2cc(C(=O)O)c(Cl)cc2Cl)n1. The van der Waals surface area contributed by atoms with E-state index in [-0.39, 0.29) is 21.9 Å². The molecule has 2 rings (SSSR count). The standard InChI is InChI=1S/C10H7Cl2N3O5S/c1-4-13-10(20-14-4)15-21(18,19)8-2-5(9(16)17)6(11)3-7(8)12/h2-3H,1H3,(H,16,17)(H,13,14,15). The van der Waals surface area contributed by atoms with Gasteiger partial charge in [-0.15, -0.1) is 0 Å². The molecule has 0 saturated heterocycles. The van der Waals surface area contributed by atoms with Crippen LogP contribution >= 0.6 is 23.2 Å². The number of nitrogens with one attached hydrogen (secondary N) is 1. The van der Waals surface area contributed by atoms with Gasteiger partial charge in [0.1, 0.15) is 4.90 Å². The molecule has 0 unspecified atom stereocenters. The van der Waals surface area contributed by atoms with Crippen molar-refractivity contribution in [3.8, 4) is 0 Å². The van der Waals surface area contributed by atoms with Crippen molar-refractivity contribution in [2.45, 2.75) is 11.8 Å². The molecule has 112 valence electrons. The third-order valence-corrected chi connectivity index (χ3v) is 4.39. The summed E-state index contributed by atoms with van der Waals surface area (Å²) in [5.41, 5.74) is -0.400. The molecule has 1 aromatic heterocycles. The Kier molecular flexibility index (Phi) is 4.08. The highest BCUT2D eigenvalue weighted by molar-refractivity contribution is 7.92. The highest BCUT2D eigenvalue weighted by Gasteiger charge is 2.24. The molecule has 0 atom stereocenters. The minimum absolute atomic E-state index is 0.180. The van der Waals surface area contributed by atoms with Crippen LogP contribution in [0.3, 0.4) is 0 Å². The summed E-state index contributed by atoms with van der Waals surface area (Å²) >= 11 is 11.5. The number of carbonyl (C=O) groups is 1. The number of aryl methyl sites for hydroxylation is 1. The van der Waals surface area contributed by atoms with Gasteiger partial charge in [-0.3, -0.25) is 0 Å². The van der Waals surface area contributed by atoms with Gasteiger partial charge in [0, 0.05) is 0 Å². The van der Waals surface area contributed by atoms with Gasteiger partial charge in [0.25, 0.3) is 10.0 Å². The fraction of sp³-hybridized carbons (Fsp3) is 0.100. The van der Waals surface area contributed by atoms with Gasteiger partial charge in [0.05, 0.1) is 15.6 Å². The van der Waals surface area contributed by atoms with Crippen LogP contribution in [0.5, 0.6) is 0 Å². The number of hydrogen-bond acceptors (Lipinski definition) is 6. The Morgan fingerprint density at radius 1 is 1.33 bits per heavy atom. The molecule has 2 aromatic rings. The lowest BCUT2D eigenvalue weighted by Crippen LogP contribution is -2.15. The number of benzene rings is 1. The van der Waals surface area contributed by atoms with Crippen molar-refractivity contribution in [3.05, 3.63) is 33.6 Å². The first kappa shape index (κ1) is 15.5. The first-order valence-electron chi connectivity index (χ1n) is 5.26. The van der Waals surface area contributed by atoms with Crippen LogP contribution in [0.15, 0.2) is 21.6 Å². The predicted molar refractivity (Wildman–Crippen MR) is 73.3 cm³/mol. The van der Waals surface area contributed by atoms with E-state index in [2.05, 4.69) is 14.7 Å². The number of aromatic nitrogens is 2. The van der Waals surface area contributed by atoms with E-state index in [1.807, 2.05) is 4.72 Å². The molecule has 1 aromatic carbocycles. The Balaban J connectivity index is 2.49. The minimum atomic E-state index is -4.20. The van der Waals surface area contributed by atoms with Crippen LogP contribution < -0.4 is 4.72 Å². The smallest absolute Gasteiger partial charge is 0.337 e. The number of rotatable bonds is 4. The Morgan fingerprint density at radius 2 is 2.00 bits per heavy atom. The number of hydrogen-bond donors (Lipinski definition) is 2. The molecule has 0 saturated carbocycles. The zero-order chi connectivity index (χ0) is 15.8. The van der Waals surface area contributed by atoms with E-state index in [1.165, 1.54) is 6.92 Å². The Morgan fingerprint density at radius 3 is 2.52 bits per heavy atom. The maximum atomic E-state index is 12.2. The van der Waals surface area contributed by atoms with Crippen molar-refractivity contribution in [1.82, 2.24) is 10.1 Å². The van der Waals surface area contributed by atoms with Gasteiger partial charge in [-0.2, -0.15) is 4.98 Å². The van der Waals surface area contributed by atoms with Crippen molar-refractivity contribution < 1.29 is 22.8 Å². The number of sulfonamides is 1. The number of carboxylic acids is 1. The molecule has 0 aliphatic carbocycles. The average Bonchev–Trinajstić information content (AvgIpc) is 2.72. The molecule has 0 fully saturated rings. The maximum absolute atomic E-state index is 12.2. The molecule has 11 heteroatoms. The third-order valence-electron chi connectivity index (χ3n) is 2.29. The summed E-state index contributed by atoms with van der Waals surface area (Å²) in [4.78, 5) is 14.2. The molecule has 1 heterocycles. The molecule has 0 amide bonds. The summed E-state index contributed by atoms with van der Waals surface area (Å²) in [6, 6.07) is 1.51. The molecule has 0 aliphatic heterocycles. The molecule has 2 N–H and O–H groups in total. The van der Waals surface area contributed by atoms with E-state index in [1.54, 1.807) is 0 Å². The van der Waals surface area contributed by atoms with Crippen LogP contribution in [0, 0.1) is 6.92 Å². The number of halogens is 2. The molecular formula is C10H7Cl2N3O5S. The van der Waals surface area contributed by atoms with Crippen LogP contribution in [0.4, 0.5) is 6.01 Å². The van der Waals surface area contributed by atoms with Crippen LogP contribution in [-0.4, -0.2) is 29.6 Å². The lowest BCUT2D eigenvalue weighted by molar-refractivity contribution is 0.0697. The van der Waals surface area contributed by atoms with E-state index in [0.29, 0.717) is 0 Å². The van der Waals surface area contributed by atoms with E-state index >= 15 is 0 Å². The zero-order valence-electron chi connectivity index (χ0n) is 10.3. The largest absolute Gasteiger partial charge is 0.478 e. The molecule has 0 bridgehead atoms. The summed E-state index contributed by atoms with van der Waals surface area (Å²) in [6.07, 6.45) is 0. The van der Waals surface area contributed by atoms with Crippen LogP contribution in [0.25, 0.3) is 0 Å². The van der Waals surface area contributed by atoms with Crippen molar-refractivity contribution in [3.63, 3.8) is 0 Å². The molecule has 0 spiro atoms.